The average Bonchev–Trinajstić information content (AvgIpc) is 2.54. The highest BCUT2D eigenvalue weighted by atomic mass is 16.5. The first kappa shape index (κ1) is 16.1. The first-order valence-corrected chi connectivity index (χ1v) is 8.03. The SMILES string of the molecule is CCc1ccc(OCC(O)CNCC2CC=CCC2)cc1. The largest absolute Gasteiger partial charge is 0.491 e. The standard InChI is InChI=1S/C18H27NO2/c1-2-15-8-10-18(11-9-15)21-14-17(20)13-19-12-16-6-4-3-5-7-16/h3-4,8-11,16-17,19-20H,2,5-7,12-14H2,1H3. The molecule has 0 spiro atoms. The van der Waals surface area contributed by atoms with Crippen LogP contribution in [0.15, 0.2) is 36.4 Å². The number of ether oxygens (including phenoxy) is 1. The molecule has 0 bridgehead atoms. The molecule has 2 unspecified atom stereocenters. The summed E-state index contributed by atoms with van der Waals surface area (Å²) in [5.74, 6) is 1.54. The summed E-state index contributed by atoms with van der Waals surface area (Å²) in [6.45, 7) is 4.04. The highest BCUT2D eigenvalue weighted by molar-refractivity contribution is 5.27. The molecule has 1 aliphatic rings. The molecule has 0 aromatic heterocycles. The second-order valence-electron chi connectivity index (χ2n) is 5.77. The van der Waals surface area contributed by atoms with Crippen molar-refractivity contribution in [3.63, 3.8) is 0 Å². The number of allylic oxidation sites excluding steroid dienone is 2. The highest BCUT2D eigenvalue weighted by Gasteiger charge is 2.11. The number of hydrogen-bond donors (Lipinski definition) is 2. The van der Waals surface area contributed by atoms with Gasteiger partial charge in [-0.1, -0.05) is 31.2 Å². The van der Waals surface area contributed by atoms with Gasteiger partial charge in [-0.05, 0) is 55.8 Å². The van der Waals surface area contributed by atoms with Crippen molar-refractivity contribution in [1.29, 1.82) is 0 Å². The van der Waals surface area contributed by atoms with Gasteiger partial charge in [-0.3, -0.25) is 0 Å². The van der Waals surface area contributed by atoms with E-state index in [0.29, 0.717) is 19.1 Å². The fourth-order valence-electron chi connectivity index (χ4n) is 2.57. The van der Waals surface area contributed by atoms with E-state index >= 15 is 0 Å². The lowest BCUT2D eigenvalue weighted by atomic mass is 9.94. The zero-order valence-corrected chi connectivity index (χ0v) is 12.9. The normalized spacial score (nSPS) is 19.4. The summed E-state index contributed by atoms with van der Waals surface area (Å²) in [4.78, 5) is 0. The number of aliphatic hydroxyl groups excluding tert-OH is 1. The molecule has 2 N–H and O–H groups in total. The van der Waals surface area contributed by atoms with E-state index in [4.69, 9.17) is 4.74 Å². The maximum atomic E-state index is 9.94. The van der Waals surface area contributed by atoms with Crippen molar-refractivity contribution in [1.82, 2.24) is 5.32 Å². The average molecular weight is 289 g/mol. The summed E-state index contributed by atoms with van der Waals surface area (Å²) in [7, 11) is 0. The van der Waals surface area contributed by atoms with Crippen LogP contribution < -0.4 is 10.1 Å². The third kappa shape index (κ3) is 5.90. The maximum Gasteiger partial charge on any atom is 0.119 e. The molecular formula is C18H27NO2. The quantitative estimate of drug-likeness (QED) is 0.723. The molecule has 0 fully saturated rings. The molecule has 116 valence electrons. The Morgan fingerprint density at radius 2 is 2.10 bits per heavy atom. The van der Waals surface area contributed by atoms with Crippen LogP contribution >= 0.6 is 0 Å². The van der Waals surface area contributed by atoms with Crippen LogP contribution in [0, 0.1) is 5.92 Å². The van der Waals surface area contributed by atoms with Crippen LogP contribution in [0.5, 0.6) is 5.75 Å². The Kier molecular flexibility index (Phi) is 6.77. The van der Waals surface area contributed by atoms with Gasteiger partial charge in [-0.2, -0.15) is 0 Å². The van der Waals surface area contributed by atoms with E-state index in [9.17, 15) is 5.11 Å². The van der Waals surface area contributed by atoms with Gasteiger partial charge in [-0.15, -0.1) is 0 Å². The molecule has 0 aliphatic heterocycles. The van der Waals surface area contributed by atoms with Gasteiger partial charge in [-0.25, -0.2) is 0 Å². The molecule has 1 aliphatic carbocycles. The van der Waals surface area contributed by atoms with Gasteiger partial charge in [0.15, 0.2) is 0 Å². The Morgan fingerprint density at radius 3 is 2.76 bits per heavy atom. The van der Waals surface area contributed by atoms with E-state index in [0.717, 1.165) is 25.1 Å². The third-order valence-corrected chi connectivity index (χ3v) is 3.96. The molecule has 0 amide bonds. The van der Waals surface area contributed by atoms with Crippen LogP contribution in [0.4, 0.5) is 0 Å². The maximum absolute atomic E-state index is 9.94. The van der Waals surface area contributed by atoms with Gasteiger partial charge >= 0.3 is 0 Å². The fourth-order valence-corrected chi connectivity index (χ4v) is 2.57. The van der Waals surface area contributed by atoms with Crippen LogP contribution in [0.2, 0.25) is 0 Å². The molecular weight excluding hydrogens is 262 g/mol. The number of aryl methyl sites for hydroxylation is 1. The van der Waals surface area contributed by atoms with E-state index in [1.807, 2.05) is 12.1 Å². The molecule has 0 saturated heterocycles. The van der Waals surface area contributed by atoms with Crippen molar-refractivity contribution in [3.05, 3.63) is 42.0 Å². The van der Waals surface area contributed by atoms with Gasteiger partial charge in [0, 0.05) is 6.54 Å². The third-order valence-electron chi connectivity index (χ3n) is 3.96. The molecule has 3 nitrogen and oxygen atoms in total. The predicted molar refractivity (Wildman–Crippen MR) is 86.7 cm³/mol. The number of aliphatic hydroxyl groups is 1. The van der Waals surface area contributed by atoms with Crippen molar-refractivity contribution in [2.45, 2.75) is 38.7 Å². The van der Waals surface area contributed by atoms with Crippen LogP contribution in [0.25, 0.3) is 0 Å². The molecule has 2 rings (SSSR count). The van der Waals surface area contributed by atoms with Crippen molar-refractivity contribution in [2.24, 2.45) is 5.92 Å². The van der Waals surface area contributed by atoms with Gasteiger partial charge in [0.2, 0.25) is 0 Å². The lowest BCUT2D eigenvalue weighted by molar-refractivity contribution is 0.105. The summed E-state index contributed by atoms with van der Waals surface area (Å²) < 4.78 is 5.61. The number of benzene rings is 1. The van der Waals surface area contributed by atoms with E-state index in [2.05, 4.69) is 36.5 Å². The first-order chi connectivity index (χ1) is 10.3. The number of hydrogen-bond acceptors (Lipinski definition) is 3. The second kappa shape index (κ2) is 8.85. The van der Waals surface area contributed by atoms with Gasteiger partial charge in [0.1, 0.15) is 18.5 Å². The highest BCUT2D eigenvalue weighted by Crippen LogP contribution is 2.17. The van der Waals surface area contributed by atoms with Crippen LogP contribution in [0.1, 0.15) is 31.7 Å². The monoisotopic (exact) mass is 289 g/mol. The van der Waals surface area contributed by atoms with Gasteiger partial charge in [0.05, 0.1) is 0 Å². The van der Waals surface area contributed by atoms with Crippen LogP contribution in [-0.4, -0.2) is 30.9 Å². The van der Waals surface area contributed by atoms with Gasteiger partial charge in [0.25, 0.3) is 0 Å². The smallest absolute Gasteiger partial charge is 0.119 e. The van der Waals surface area contributed by atoms with Crippen LogP contribution in [0.3, 0.4) is 0 Å². The van der Waals surface area contributed by atoms with Crippen molar-refractivity contribution in [3.8, 4) is 5.75 Å². The zero-order chi connectivity index (χ0) is 14.9. The Balaban J connectivity index is 1.60. The molecule has 0 saturated carbocycles. The lowest BCUT2D eigenvalue weighted by Gasteiger charge is -2.19. The fraction of sp³-hybridized carbons (Fsp3) is 0.556. The number of rotatable bonds is 8. The Hall–Kier alpha value is -1.32. The second-order valence-corrected chi connectivity index (χ2v) is 5.77. The summed E-state index contributed by atoms with van der Waals surface area (Å²) in [5.41, 5.74) is 1.30. The Labute approximate surface area is 128 Å². The van der Waals surface area contributed by atoms with Crippen LogP contribution in [-0.2, 0) is 6.42 Å². The van der Waals surface area contributed by atoms with E-state index in [1.54, 1.807) is 0 Å². The predicted octanol–water partition coefficient (Wildman–Crippen LogP) is 2.93. The van der Waals surface area contributed by atoms with Crippen molar-refractivity contribution < 1.29 is 9.84 Å². The minimum Gasteiger partial charge on any atom is -0.491 e. The van der Waals surface area contributed by atoms with Crippen molar-refractivity contribution in [2.75, 3.05) is 19.7 Å². The van der Waals surface area contributed by atoms with Gasteiger partial charge < -0.3 is 15.2 Å². The molecule has 2 atom stereocenters. The minimum absolute atomic E-state index is 0.336. The molecule has 3 heteroatoms. The number of nitrogens with one attached hydrogen (secondary N) is 1. The van der Waals surface area contributed by atoms with Crippen molar-refractivity contribution >= 4 is 0 Å². The summed E-state index contributed by atoms with van der Waals surface area (Å²) in [6, 6.07) is 8.06. The lowest BCUT2D eigenvalue weighted by Crippen LogP contribution is -2.34. The molecule has 1 aromatic rings. The summed E-state index contributed by atoms with van der Waals surface area (Å²) in [5, 5.41) is 13.3. The summed E-state index contributed by atoms with van der Waals surface area (Å²) in [6.07, 6.45) is 8.67. The van der Waals surface area contributed by atoms with E-state index < -0.39 is 6.10 Å². The first-order valence-electron chi connectivity index (χ1n) is 8.03. The Morgan fingerprint density at radius 1 is 1.29 bits per heavy atom. The molecule has 0 heterocycles. The molecule has 1 aromatic carbocycles. The topological polar surface area (TPSA) is 41.5 Å². The minimum atomic E-state index is -0.463. The Bertz CT molecular complexity index is 427. The summed E-state index contributed by atoms with van der Waals surface area (Å²) >= 11 is 0. The molecule has 21 heavy (non-hydrogen) atoms. The zero-order valence-electron chi connectivity index (χ0n) is 12.9. The van der Waals surface area contributed by atoms with E-state index in [-0.39, 0.29) is 0 Å². The molecule has 0 radical (unpaired) electrons. The van der Waals surface area contributed by atoms with E-state index in [1.165, 1.54) is 18.4 Å².